The van der Waals surface area contributed by atoms with E-state index in [0.717, 1.165) is 0 Å². The van der Waals surface area contributed by atoms with Crippen LogP contribution in [0.2, 0.25) is 0 Å². The lowest BCUT2D eigenvalue weighted by Crippen LogP contribution is -2.33. The second-order valence-corrected chi connectivity index (χ2v) is 7.88. The highest BCUT2D eigenvalue weighted by molar-refractivity contribution is 6.21. The van der Waals surface area contributed by atoms with Crippen molar-refractivity contribution in [1.82, 2.24) is 0 Å². The van der Waals surface area contributed by atoms with E-state index >= 15 is 0 Å². The highest BCUT2D eigenvalue weighted by Crippen LogP contribution is 2.38. The Balaban J connectivity index is 1.56. The van der Waals surface area contributed by atoms with E-state index < -0.39 is 23.5 Å². The average Bonchev–Trinajstić information content (AvgIpc) is 3.10. The molecule has 0 aromatic heterocycles. The van der Waals surface area contributed by atoms with Crippen molar-refractivity contribution in [3.8, 4) is 0 Å². The molecule has 7 nitrogen and oxygen atoms in total. The number of carbonyl (C=O) groups excluding carboxylic acids is 4. The van der Waals surface area contributed by atoms with Crippen LogP contribution >= 0.6 is 0 Å². The van der Waals surface area contributed by atoms with Crippen LogP contribution < -0.4 is 15.5 Å². The monoisotopic (exact) mass is 459 g/mol. The van der Waals surface area contributed by atoms with Gasteiger partial charge in [0.05, 0.1) is 0 Å². The lowest BCUT2D eigenvalue weighted by atomic mass is 9.96. The van der Waals surface area contributed by atoms with Crippen LogP contribution in [0.4, 0.5) is 21.5 Å². The topological polar surface area (TPSA) is 95.6 Å². The summed E-state index contributed by atoms with van der Waals surface area (Å²) in [4.78, 5) is 52.1. The number of hydrogen-bond donors (Lipinski definition) is 2. The van der Waals surface area contributed by atoms with E-state index in [1.54, 1.807) is 36.4 Å². The third-order valence-electron chi connectivity index (χ3n) is 5.62. The molecule has 0 saturated carbocycles. The van der Waals surface area contributed by atoms with Crippen LogP contribution in [0.3, 0.4) is 0 Å². The van der Waals surface area contributed by atoms with Gasteiger partial charge in [-0.3, -0.25) is 19.2 Å². The van der Waals surface area contributed by atoms with Gasteiger partial charge in [-0.15, -0.1) is 0 Å². The minimum Gasteiger partial charge on any atom is -0.325 e. The zero-order chi connectivity index (χ0) is 24.4. The van der Waals surface area contributed by atoms with Crippen LogP contribution in [0, 0.1) is 5.82 Å². The molecule has 1 unspecified atom stereocenters. The van der Waals surface area contributed by atoms with Gasteiger partial charge < -0.3 is 15.5 Å². The Morgan fingerprint density at radius 3 is 2.32 bits per heavy atom. The quantitative estimate of drug-likeness (QED) is 0.423. The molecule has 34 heavy (non-hydrogen) atoms. The summed E-state index contributed by atoms with van der Waals surface area (Å²) in [5.74, 6) is -3.05. The molecule has 1 heterocycles. The number of halogens is 1. The Morgan fingerprint density at radius 2 is 1.65 bits per heavy atom. The zero-order valence-corrected chi connectivity index (χ0v) is 18.6. The third-order valence-corrected chi connectivity index (χ3v) is 5.62. The molecule has 4 rings (SSSR count). The first-order valence-corrected chi connectivity index (χ1v) is 10.7. The van der Waals surface area contributed by atoms with Crippen LogP contribution in [-0.2, 0) is 9.59 Å². The maximum atomic E-state index is 13.2. The molecule has 3 aromatic carbocycles. The molecule has 1 atom stereocenters. The van der Waals surface area contributed by atoms with Crippen LogP contribution in [-0.4, -0.2) is 30.0 Å². The second kappa shape index (κ2) is 9.27. The molecule has 172 valence electrons. The summed E-state index contributed by atoms with van der Waals surface area (Å²) in [5.41, 5.74) is 2.53. The summed E-state index contributed by atoms with van der Waals surface area (Å²) in [5, 5.41) is 5.37. The van der Waals surface area contributed by atoms with Gasteiger partial charge in [0.2, 0.25) is 11.8 Å². The zero-order valence-electron chi connectivity index (χ0n) is 18.6. The summed E-state index contributed by atoms with van der Waals surface area (Å²) in [6.45, 7) is 3.62. The van der Waals surface area contributed by atoms with Crippen LogP contribution in [0.15, 0.2) is 66.7 Å². The van der Waals surface area contributed by atoms with Crippen LogP contribution in [0.1, 0.15) is 46.0 Å². The standard InChI is InChI=1S/C26H22FN3O4/c1-3-30-22-12-7-16(15(2)31)14-21(22)23(26(30)34)25(33)29-20-6-4-5-17(13-20)24(32)28-19-10-8-18(27)9-11-19/h4-14,23H,3H2,1-2H3,(H,28,32)(H,29,33). The van der Waals surface area contributed by atoms with Crippen molar-refractivity contribution < 1.29 is 23.6 Å². The van der Waals surface area contributed by atoms with Gasteiger partial charge in [0.25, 0.3) is 5.91 Å². The molecule has 3 aromatic rings. The molecular weight excluding hydrogens is 437 g/mol. The Bertz CT molecular complexity index is 1300. The summed E-state index contributed by atoms with van der Waals surface area (Å²) >= 11 is 0. The van der Waals surface area contributed by atoms with Crippen molar-refractivity contribution in [2.24, 2.45) is 0 Å². The second-order valence-electron chi connectivity index (χ2n) is 7.88. The predicted molar refractivity (Wildman–Crippen MR) is 127 cm³/mol. The first-order chi connectivity index (χ1) is 16.3. The molecular formula is C26H22FN3O4. The fourth-order valence-electron chi connectivity index (χ4n) is 3.93. The van der Waals surface area contributed by atoms with Crippen molar-refractivity contribution >= 4 is 40.6 Å². The SMILES string of the molecule is CCN1C(=O)C(C(=O)Nc2cccc(C(=O)Nc3ccc(F)cc3)c2)c2cc(C(C)=O)ccc21. The smallest absolute Gasteiger partial charge is 0.255 e. The lowest BCUT2D eigenvalue weighted by Gasteiger charge is -2.15. The molecule has 0 aliphatic carbocycles. The molecule has 3 amide bonds. The van der Waals surface area contributed by atoms with Crippen molar-refractivity contribution in [2.75, 3.05) is 22.1 Å². The number of hydrogen-bond acceptors (Lipinski definition) is 4. The number of nitrogens with one attached hydrogen (secondary N) is 2. The minimum absolute atomic E-state index is 0.163. The Kier molecular flexibility index (Phi) is 6.23. The average molecular weight is 459 g/mol. The van der Waals surface area contributed by atoms with E-state index in [1.165, 1.54) is 42.2 Å². The first-order valence-electron chi connectivity index (χ1n) is 10.7. The summed E-state index contributed by atoms with van der Waals surface area (Å²) in [6, 6.07) is 16.5. The number of amides is 3. The maximum Gasteiger partial charge on any atom is 0.255 e. The van der Waals surface area contributed by atoms with E-state index in [4.69, 9.17) is 0 Å². The number of ketones is 1. The number of anilines is 3. The number of carbonyl (C=O) groups is 4. The van der Waals surface area contributed by atoms with Gasteiger partial charge in [-0.1, -0.05) is 6.07 Å². The number of fused-ring (bicyclic) bond motifs is 1. The Morgan fingerprint density at radius 1 is 0.912 bits per heavy atom. The van der Waals surface area contributed by atoms with Gasteiger partial charge in [0, 0.05) is 34.7 Å². The van der Waals surface area contributed by atoms with Gasteiger partial charge in [-0.25, -0.2) is 4.39 Å². The summed E-state index contributed by atoms with van der Waals surface area (Å²) in [6.07, 6.45) is 0. The molecule has 1 aliphatic rings. The van der Waals surface area contributed by atoms with Crippen molar-refractivity contribution in [3.63, 3.8) is 0 Å². The molecule has 0 bridgehead atoms. The fraction of sp³-hybridized carbons (Fsp3) is 0.154. The third kappa shape index (κ3) is 4.43. The number of nitrogens with zero attached hydrogens (tertiary/aromatic N) is 1. The molecule has 8 heteroatoms. The molecule has 0 radical (unpaired) electrons. The fourth-order valence-corrected chi connectivity index (χ4v) is 3.93. The Labute approximate surface area is 195 Å². The van der Waals surface area contributed by atoms with E-state index in [9.17, 15) is 23.6 Å². The van der Waals surface area contributed by atoms with E-state index in [2.05, 4.69) is 10.6 Å². The molecule has 0 fully saturated rings. The van der Waals surface area contributed by atoms with Gasteiger partial charge in [-0.05, 0) is 80.1 Å². The van der Waals surface area contributed by atoms with Crippen molar-refractivity contribution in [3.05, 3.63) is 89.2 Å². The molecule has 0 saturated heterocycles. The van der Waals surface area contributed by atoms with Gasteiger partial charge >= 0.3 is 0 Å². The first kappa shape index (κ1) is 22.8. The number of benzene rings is 3. The molecule has 2 N–H and O–H groups in total. The number of likely N-dealkylation sites (N-methyl/N-ethyl adjacent to an activating group) is 1. The normalized spacial score (nSPS) is 14.5. The molecule has 1 aliphatic heterocycles. The summed E-state index contributed by atoms with van der Waals surface area (Å²) in [7, 11) is 0. The largest absolute Gasteiger partial charge is 0.325 e. The predicted octanol–water partition coefficient (Wildman–Crippen LogP) is 4.37. The molecule has 0 spiro atoms. The number of rotatable bonds is 6. The minimum atomic E-state index is -1.11. The van der Waals surface area contributed by atoms with E-state index in [1.807, 2.05) is 6.92 Å². The maximum absolute atomic E-state index is 13.2. The lowest BCUT2D eigenvalue weighted by molar-refractivity contribution is -0.126. The van der Waals surface area contributed by atoms with Crippen molar-refractivity contribution in [2.45, 2.75) is 19.8 Å². The van der Waals surface area contributed by atoms with Gasteiger partial charge in [-0.2, -0.15) is 0 Å². The van der Waals surface area contributed by atoms with E-state index in [0.29, 0.717) is 34.7 Å². The van der Waals surface area contributed by atoms with Crippen molar-refractivity contribution in [1.29, 1.82) is 0 Å². The Hall–Kier alpha value is -4.33. The van der Waals surface area contributed by atoms with Gasteiger partial charge in [0.1, 0.15) is 11.7 Å². The van der Waals surface area contributed by atoms with Crippen LogP contribution in [0.25, 0.3) is 0 Å². The van der Waals surface area contributed by atoms with E-state index in [-0.39, 0.29) is 17.3 Å². The van der Waals surface area contributed by atoms with Crippen LogP contribution in [0.5, 0.6) is 0 Å². The van der Waals surface area contributed by atoms with Gasteiger partial charge in [0.15, 0.2) is 5.78 Å². The summed E-state index contributed by atoms with van der Waals surface area (Å²) < 4.78 is 13.1. The highest BCUT2D eigenvalue weighted by Gasteiger charge is 2.41. The highest BCUT2D eigenvalue weighted by atomic mass is 19.1. The number of Topliss-reactive ketones (excluding diaryl/α,β-unsaturated/α-hetero) is 1.